The molecule has 0 fully saturated rings. The molecule has 3 rings (SSSR count). The Balaban J connectivity index is 1.57. The maximum Gasteiger partial charge on any atom is 0.282 e. The minimum Gasteiger partial charge on any atom is -0.346 e. The van der Waals surface area contributed by atoms with Gasteiger partial charge >= 0.3 is 0 Å². The average molecular weight is 464 g/mol. The number of carbonyl (C=O) groups is 1. The summed E-state index contributed by atoms with van der Waals surface area (Å²) in [6.07, 6.45) is 0. The van der Waals surface area contributed by atoms with E-state index in [0.717, 1.165) is 11.1 Å². The second-order valence-corrected chi connectivity index (χ2v) is 9.64. The molecule has 31 heavy (non-hydrogen) atoms. The maximum atomic E-state index is 13.0. The van der Waals surface area contributed by atoms with Gasteiger partial charge in [0, 0.05) is 12.6 Å². The first-order chi connectivity index (χ1) is 14.6. The van der Waals surface area contributed by atoms with Crippen LogP contribution in [0.5, 0.6) is 0 Å². The Morgan fingerprint density at radius 2 is 1.81 bits per heavy atom. The molecule has 11 heteroatoms. The predicted molar refractivity (Wildman–Crippen MR) is 115 cm³/mol. The molecule has 1 heterocycles. The monoisotopic (exact) mass is 463 g/mol. The van der Waals surface area contributed by atoms with Crippen molar-refractivity contribution in [1.82, 2.24) is 20.4 Å². The van der Waals surface area contributed by atoms with Gasteiger partial charge in [-0.2, -0.15) is 0 Å². The minimum atomic E-state index is -3.73. The lowest BCUT2D eigenvalue weighted by atomic mass is 10.1. The molecule has 0 aliphatic carbocycles. The number of primary sulfonamides is 1. The average Bonchev–Trinajstić information content (AvgIpc) is 3.20. The van der Waals surface area contributed by atoms with E-state index < -0.39 is 10.0 Å². The van der Waals surface area contributed by atoms with E-state index in [0.29, 0.717) is 11.6 Å². The van der Waals surface area contributed by atoms with Crippen LogP contribution in [-0.4, -0.2) is 36.5 Å². The lowest BCUT2D eigenvalue weighted by Gasteiger charge is -2.24. The van der Waals surface area contributed by atoms with Gasteiger partial charge in [0.05, 0.1) is 11.4 Å². The Labute approximate surface area is 184 Å². The first-order valence-electron chi connectivity index (χ1n) is 9.31. The van der Waals surface area contributed by atoms with E-state index in [-0.39, 0.29) is 34.2 Å². The Bertz CT molecular complexity index is 1150. The number of amides is 1. The summed E-state index contributed by atoms with van der Waals surface area (Å²) in [6, 6.07) is 12.2. The molecule has 0 saturated carbocycles. The van der Waals surface area contributed by atoms with Crippen molar-refractivity contribution in [2.75, 3.05) is 7.05 Å². The summed E-state index contributed by atoms with van der Waals surface area (Å²) in [5.41, 5.74) is 1.69. The fourth-order valence-electron chi connectivity index (χ4n) is 2.81. The topological polar surface area (TPSA) is 118 Å². The van der Waals surface area contributed by atoms with Gasteiger partial charge in [-0.25, -0.2) is 17.9 Å². The van der Waals surface area contributed by atoms with E-state index in [4.69, 9.17) is 5.14 Å². The molecular weight excluding hydrogens is 441 g/mol. The van der Waals surface area contributed by atoms with Crippen molar-refractivity contribution in [3.63, 3.8) is 0 Å². The Kier molecular flexibility index (Phi) is 7.11. The van der Waals surface area contributed by atoms with Gasteiger partial charge in [0.1, 0.15) is 10.8 Å². The van der Waals surface area contributed by atoms with E-state index >= 15 is 0 Å². The van der Waals surface area contributed by atoms with E-state index in [1.165, 1.54) is 35.6 Å². The highest BCUT2D eigenvalue weighted by Gasteiger charge is 2.18. The molecule has 1 aromatic heterocycles. The molecule has 1 atom stereocenters. The number of nitrogens with one attached hydrogen (secondary N) is 1. The van der Waals surface area contributed by atoms with Crippen LogP contribution in [0.25, 0.3) is 0 Å². The van der Waals surface area contributed by atoms with Gasteiger partial charge in [0.15, 0.2) is 0 Å². The maximum absolute atomic E-state index is 13.0. The lowest BCUT2D eigenvalue weighted by Crippen LogP contribution is -2.22. The summed E-state index contributed by atoms with van der Waals surface area (Å²) >= 11 is 1.19. The summed E-state index contributed by atoms with van der Waals surface area (Å²) in [5.74, 6) is -0.676. The molecule has 3 N–H and O–H groups in total. The van der Waals surface area contributed by atoms with Crippen LogP contribution >= 0.6 is 11.3 Å². The molecule has 0 spiro atoms. The molecule has 0 bridgehead atoms. The van der Waals surface area contributed by atoms with Crippen LogP contribution in [0.2, 0.25) is 0 Å². The minimum absolute atomic E-state index is 0.0332. The Hall–Kier alpha value is -2.73. The Morgan fingerprint density at radius 3 is 2.42 bits per heavy atom. The van der Waals surface area contributed by atoms with Gasteiger partial charge in [-0.1, -0.05) is 35.6 Å². The molecule has 0 aliphatic heterocycles. The first kappa shape index (κ1) is 22.9. The standard InChI is InChI=1S/C20H22FN5O3S2/c1-13(15-5-9-17(10-6-15)31(22,28)29)26(2)12-18-24-25-20(30-18)19(27)23-11-14-3-7-16(21)8-4-14/h3-10,13H,11-12H2,1-2H3,(H,23,27)(H2,22,28,29)/t13-/m0/s1. The number of carbonyl (C=O) groups excluding carboxylic acids is 1. The van der Waals surface area contributed by atoms with Crippen molar-refractivity contribution in [3.8, 4) is 0 Å². The normalized spacial score (nSPS) is 12.7. The van der Waals surface area contributed by atoms with Crippen molar-refractivity contribution < 1.29 is 17.6 Å². The number of halogens is 1. The molecule has 1 amide bonds. The fraction of sp³-hybridized carbons (Fsp3) is 0.250. The molecule has 0 unspecified atom stereocenters. The quantitative estimate of drug-likeness (QED) is 0.530. The van der Waals surface area contributed by atoms with Gasteiger partial charge in [-0.3, -0.25) is 9.69 Å². The summed E-state index contributed by atoms with van der Waals surface area (Å²) < 4.78 is 35.7. The zero-order chi connectivity index (χ0) is 22.6. The third-order valence-corrected chi connectivity index (χ3v) is 6.60. The Morgan fingerprint density at radius 1 is 1.16 bits per heavy atom. The number of benzene rings is 2. The molecule has 0 saturated heterocycles. The summed E-state index contributed by atoms with van der Waals surface area (Å²) in [4.78, 5) is 14.4. The smallest absolute Gasteiger partial charge is 0.282 e. The number of hydrogen-bond donors (Lipinski definition) is 2. The SMILES string of the molecule is C[C@@H](c1ccc(S(N)(=O)=O)cc1)N(C)Cc1nnc(C(=O)NCc2ccc(F)cc2)s1. The molecule has 2 aromatic carbocycles. The van der Waals surface area contributed by atoms with E-state index in [1.54, 1.807) is 24.3 Å². The van der Waals surface area contributed by atoms with Crippen LogP contribution in [0.3, 0.4) is 0 Å². The number of aromatic nitrogens is 2. The molecule has 8 nitrogen and oxygen atoms in total. The highest BCUT2D eigenvalue weighted by atomic mass is 32.2. The molecule has 164 valence electrons. The van der Waals surface area contributed by atoms with E-state index in [2.05, 4.69) is 15.5 Å². The summed E-state index contributed by atoms with van der Waals surface area (Å²) in [7, 11) is -1.83. The number of sulfonamides is 1. The fourth-order valence-corrected chi connectivity index (χ4v) is 4.15. The van der Waals surface area contributed by atoms with Crippen molar-refractivity contribution in [1.29, 1.82) is 0 Å². The number of rotatable bonds is 8. The van der Waals surface area contributed by atoms with Crippen LogP contribution in [0, 0.1) is 5.82 Å². The number of nitrogens with zero attached hydrogens (tertiary/aromatic N) is 3. The van der Waals surface area contributed by atoms with Crippen molar-refractivity contribution >= 4 is 27.3 Å². The highest BCUT2D eigenvalue weighted by molar-refractivity contribution is 7.89. The van der Waals surface area contributed by atoms with Crippen molar-refractivity contribution in [2.45, 2.75) is 31.0 Å². The van der Waals surface area contributed by atoms with Crippen LogP contribution in [0.1, 0.15) is 38.9 Å². The van der Waals surface area contributed by atoms with Crippen LogP contribution in [-0.2, 0) is 23.1 Å². The van der Waals surface area contributed by atoms with Gasteiger partial charge in [0.2, 0.25) is 15.0 Å². The van der Waals surface area contributed by atoms with Crippen LogP contribution in [0.15, 0.2) is 53.4 Å². The van der Waals surface area contributed by atoms with Gasteiger partial charge in [-0.05, 0) is 49.4 Å². The number of hydrogen-bond acceptors (Lipinski definition) is 7. The zero-order valence-corrected chi connectivity index (χ0v) is 18.6. The van der Waals surface area contributed by atoms with Crippen LogP contribution in [0.4, 0.5) is 4.39 Å². The largest absolute Gasteiger partial charge is 0.346 e. The van der Waals surface area contributed by atoms with Crippen LogP contribution < -0.4 is 10.5 Å². The second kappa shape index (κ2) is 9.60. The third kappa shape index (κ3) is 6.14. The molecule has 0 aliphatic rings. The highest BCUT2D eigenvalue weighted by Crippen LogP contribution is 2.23. The van der Waals surface area contributed by atoms with E-state index in [9.17, 15) is 17.6 Å². The summed E-state index contributed by atoms with van der Waals surface area (Å²) in [6.45, 7) is 2.70. The lowest BCUT2D eigenvalue weighted by molar-refractivity contribution is 0.0950. The third-order valence-electron chi connectivity index (χ3n) is 4.76. The van der Waals surface area contributed by atoms with E-state index in [1.807, 2.05) is 18.9 Å². The van der Waals surface area contributed by atoms with Crippen molar-refractivity contribution in [2.24, 2.45) is 5.14 Å². The molecular formula is C20H22FN5O3S2. The first-order valence-corrected chi connectivity index (χ1v) is 11.7. The van der Waals surface area contributed by atoms with Gasteiger partial charge in [0.25, 0.3) is 5.91 Å². The second-order valence-electron chi connectivity index (χ2n) is 7.02. The zero-order valence-electron chi connectivity index (χ0n) is 16.9. The van der Waals surface area contributed by atoms with Gasteiger partial charge < -0.3 is 5.32 Å². The number of nitrogens with two attached hydrogens (primary N) is 1. The predicted octanol–water partition coefficient (Wildman–Crippen LogP) is 2.45. The molecule has 3 aromatic rings. The molecule has 0 radical (unpaired) electrons. The van der Waals surface area contributed by atoms with Crippen molar-refractivity contribution in [3.05, 3.63) is 75.5 Å². The summed E-state index contributed by atoms with van der Waals surface area (Å²) in [5, 5.41) is 16.8. The van der Waals surface area contributed by atoms with Gasteiger partial charge in [-0.15, -0.1) is 10.2 Å².